The van der Waals surface area contributed by atoms with Crippen LogP contribution in [-0.2, 0) is 4.74 Å². The third-order valence-electron chi connectivity index (χ3n) is 2.57. The fourth-order valence-corrected chi connectivity index (χ4v) is 1.58. The van der Waals surface area contributed by atoms with E-state index < -0.39 is 0 Å². The van der Waals surface area contributed by atoms with Crippen molar-refractivity contribution in [3.05, 3.63) is 0 Å². The van der Waals surface area contributed by atoms with E-state index in [0.717, 1.165) is 11.8 Å². The van der Waals surface area contributed by atoms with Crippen LogP contribution in [0.4, 0.5) is 0 Å². The third kappa shape index (κ3) is 1.45. The zero-order valence-electron chi connectivity index (χ0n) is 6.55. The van der Waals surface area contributed by atoms with E-state index in [4.69, 9.17) is 4.74 Å². The molecule has 0 aromatic heterocycles. The van der Waals surface area contributed by atoms with Gasteiger partial charge in [-0.3, -0.25) is 0 Å². The Labute approximate surface area is 57.4 Å². The van der Waals surface area contributed by atoms with Crippen molar-refractivity contribution in [3.8, 4) is 0 Å². The zero-order valence-corrected chi connectivity index (χ0v) is 6.55. The molecule has 2 unspecified atom stereocenters. The first-order valence-corrected chi connectivity index (χ1v) is 3.76. The topological polar surface area (TPSA) is 9.23 Å². The highest BCUT2D eigenvalue weighted by atomic mass is 16.5. The summed E-state index contributed by atoms with van der Waals surface area (Å²) in [4.78, 5) is 0. The van der Waals surface area contributed by atoms with Crippen molar-refractivity contribution in [1.29, 1.82) is 0 Å². The van der Waals surface area contributed by atoms with Gasteiger partial charge in [-0.05, 0) is 24.7 Å². The van der Waals surface area contributed by atoms with Gasteiger partial charge in [0.05, 0.1) is 6.10 Å². The van der Waals surface area contributed by atoms with Gasteiger partial charge in [0.1, 0.15) is 0 Å². The highest BCUT2D eigenvalue weighted by molar-refractivity contribution is 4.78. The van der Waals surface area contributed by atoms with Gasteiger partial charge >= 0.3 is 0 Å². The smallest absolute Gasteiger partial charge is 0.0576 e. The Balaban J connectivity index is 2.35. The van der Waals surface area contributed by atoms with Gasteiger partial charge in [0.2, 0.25) is 0 Å². The minimum atomic E-state index is 0.551. The minimum Gasteiger partial charge on any atom is -0.381 e. The predicted octanol–water partition coefficient (Wildman–Crippen LogP) is 2.07. The fourth-order valence-electron chi connectivity index (χ4n) is 1.58. The SMILES string of the molecule is COC1CC(C)[C@H](C)C1. The van der Waals surface area contributed by atoms with Crippen molar-refractivity contribution in [2.24, 2.45) is 11.8 Å². The van der Waals surface area contributed by atoms with Crippen LogP contribution in [0, 0.1) is 11.8 Å². The van der Waals surface area contributed by atoms with Gasteiger partial charge < -0.3 is 4.74 Å². The zero-order chi connectivity index (χ0) is 6.85. The Hall–Kier alpha value is -0.0400. The van der Waals surface area contributed by atoms with E-state index in [1.807, 2.05) is 7.11 Å². The normalized spacial score (nSPS) is 43.7. The summed E-state index contributed by atoms with van der Waals surface area (Å²) < 4.78 is 5.25. The molecule has 0 saturated heterocycles. The van der Waals surface area contributed by atoms with Crippen LogP contribution in [0.15, 0.2) is 0 Å². The predicted molar refractivity (Wildman–Crippen MR) is 38.4 cm³/mol. The molecule has 0 radical (unpaired) electrons. The summed E-state index contributed by atoms with van der Waals surface area (Å²) in [5.41, 5.74) is 0. The van der Waals surface area contributed by atoms with Crippen molar-refractivity contribution in [3.63, 3.8) is 0 Å². The number of hydrogen-bond acceptors (Lipinski definition) is 1. The van der Waals surface area contributed by atoms with Gasteiger partial charge in [-0.2, -0.15) is 0 Å². The lowest BCUT2D eigenvalue weighted by Gasteiger charge is -2.04. The molecule has 0 N–H and O–H groups in total. The standard InChI is InChI=1S/C8H16O/c1-6-4-8(9-3)5-7(6)2/h6-8H,4-5H2,1-3H3/t6-,7?,8?/m1/s1. The second-order valence-corrected chi connectivity index (χ2v) is 3.28. The van der Waals surface area contributed by atoms with Crippen LogP contribution in [-0.4, -0.2) is 13.2 Å². The Morgan fingerprint density at radius 3 is 1.78 bits per heavy atom. The van der Waals surface area contributed by atoms with Gasteiger partial charge in [-0.25, -0.2) is 0 Å². The van der Waals surface area contributed by atoms with E-state index >= 15 is 0 Å². The second kappa shape index (κ2) is 2.70. The van der Waals surface area contributed by atoms with Crippen molar-refractivity contribution in [2.75, 3.05) is 7.11 Å². The summed E-state index contributed by atoms with van der Waals surface area (Å²) in [5.74, 6) is 1.74. The van der Waals surface area contributed by atoms with Crippen LogP contribution in [0.5, 0.6) is 0 Å². The van der Waals surface area contributed by atoms with E-state index in [2.05, 4.69) is 13.8 Å². The fraction of sp³-hybridized carbons (Fsp3) is 1.00. The average Bonchev–Trinajstić information content (AvgIpc) is 2.13. The monoisotopic (exact) mass is 128 g/mol. The molecule has 1 heteroatoms. The number of ether oxygens (including phenoxy) is 1. The lowest BCUT2D eigenvalue weighted by molar-refractivity contribution is 0.104. The number of rotatable bonds is 1. The Morgan fingerprint density at radius 1 is 1.11 bits per heavy atom. The molecule has 1 rings (SSSR count). The minimum absolute atomic E-state index is 0.551. The molecule has 1 saturated carbocycles. The van der Waals surface area contributed by atoms with Crippen LogP contribution < -0.4 is 0 Å². The summed E-state index contributed by atoms with van der Waals surface area (Å²) in [6.45, 7) is 4.62. The maximum absolute atomic E-state index is 5.25. The molecule has 1 fully saturated rings. The van der Waals surface area contributed by atoms with Crippen LogP contribution in [0.25, 0.3) is 0 Å². The van der Waals surface area contributed by atoms with E-state index in [1.165, 1.54) is 12.8 Å². The average molecular weight is 128 g/mol. The molecule has 3 atom stereocenters. The maximum Gasteiger partial charge on any atom is 0.0576 e. The van der Waals surface area contributed by atoms with E-state index in [0.29, 0.717) is 6.10 Å². The molecule has 0 spiro atoms. The summed E-state index contributed by atoms with van der Waals surface area (Å²) in [6.07, 6.45) is 3.07. The first kappa shape index (κ1) is 7.07. The van der Waals surface area contributed by atoms with Crippen LogP contribution in [0.3, 0.4) is 0 Å². The van der Waals surface area contributed by atoms with Crippen molar-refractivity contribution >= 4 is 0 Å². The van der Waals surface area contributed by atoms with Gasteiger partial charge in [0.25, 0.3) is 0 Å². The molecule has 0 heterocycles. The lowest BCUT2D eigenvalue weighted by Crippen LogP contribution is -2.03. The van der Waals surface area contributed by atoms with E-state index in [-0.39, 0.29) is 0 Å². The second-order valence-electron chi connectivity index (χ2n) is 3.28. The quantitative estimate of drug-likeness (QED) is 0.525. The van der Waals surface area contributed by atoms with Gasteiger partial charge in [-0.1, -0.05) is 13.8 Å². The summed E-state index contributed by atoms with van der Waals surface area (Å²) in [7, 11) is 1.81. The molecule has 0 aromatic rings. The molecule has 1 aliphatic carbocycles. The lowest BCUT2D eigenvalue weighted by atomic mass is 10.0. The number of methoxy groups -OCH3 is 1. The Kier molecular flexibility index (Phi) is 2.12. The highest BCUT2D eigenvalue weighted by Gasteiger charge is 2.27. The van der Waals surface area contributed by atoms with Crippen LogP contribution in [0.1, 0.15) is 26.7 Å². The summed E-state index contributed by atoms with van der Waals surface area (Å²) in [6, 6.07) is 0. The van der Waals surface area contributed by atoms with Crippen LogP contribution in [0.2, 0.25) is 0 Å². The summed E-state index contributed by atoms with van der Waals surface area (Å²) in [5, 5.41) is 0. The molecule has 0 bridgehead atoms. The number of hydrogen-bond donors (Lipinski definition) is 0. The highest BCUT2D eigenvalue weighted by Crippen LogP contribution is 2.32. The summed E-state index contributed by atoms with van der Waals surface area (Å²) >= 11 is 0. The molecular weight excluding hydrogens is 112 g/mol. The van der Waals surface area contributed by atoms with E-state index in [9.17, 15) is 0 Å². The molecule has 1 nitrogen and oxygen atoms in total. The first-order valence-electron chi connectivity index (χ1n) is 3.76. The molecular formula is C8H16O. The van der Waals surface area contributed by atoms with Gasteiger partial charge in [0, 0.05) is 7.11 Å². The van der Waals surface area contributed by atoms with Crippen molar-refractivity contribution in [2.45, 2.75) is 32.8 Å². The molecule has 1 aliphatic rings. The Bertz CT molecular complexity index is 80.6. The van der Waals surface area contributed by atoms with Crippen LogP contribution >= 0.6 is 0 Å². The maximum atomic E-state index is 5.25. The van der Waals surface area contributed by atoms with Gasteiger partial charge in [-0.15, -0.1) is 0 Å². The largest absolute Gasteiger partial charge is 0.381 e. The Morgan fingerprint density at radius 2 is 1.56 bits per heavy atom. The third-order valence-corrected chi connectivity index (χ3v) is 2.57. The first-order chi connectivity index (χ1) is 4.24. The van der Waals surface area contributed by atoms with Gasteiger partial charge in [0.15, 0.2) is 0 Å². The molecule has 0 aromatic carbocycles. The molecule has 0 aliphatic heterocycles. The van der Waals surface area contributed by atoms with E-state index in [1.54, 1.807) is 0 Å². The molecule has 0 amide bonds. The molecule has 54 valence electrons. The van der Waals surface area contributed by atoms with Crippen molar-refractivity contribution < 1.29 is 4.74 Å². The molecule has 9 heavy (non-hydrogen) atoms. The van der Waals surface area contributed by atoms with Crippen molar-refractivity contribution in [1.82, 2.24) is 0 Å².